The van der Waals surface area contributed by atoms with Crippen molar-refractivity contribution in [3.05, 3.63) is 119 Å². The first-order valence-electron chi connectivity index (χ1n) is 15.0. The van der Waals surface area contributed by atoms with E-state index in [0.717, 1.165) is 37.9 Å². The van der Waals surface area contributed by atoms with Gasteiger partial charge in [0.1, 0.15) is 11.9 Å². The molecule has 0 aliphatic heterocycles. The molecule has 5 aromatic rings. The van der Waals surface area contributed by atoms with E-state index in [2.05, 4.69) is 88.4 Å². The van der Waals surface area contributed by atoms with Crippen LogP contribution in [0.15, 0.2) is 91.4 Å². The number of hydrogen-bond acceptors (Lipinski definition) is 3. The predicted octanol–water partition coefficient (Wildman–Crippen LogP) is 7.39. The lowest BCUT2D eigenvalue weighted by Gasteiger charge is -2.28. The van der Waals surface area contributed by atoms with Crippen molar-refractivity contribution in [3.8, 4) is 33.6 Å². The fourth-order valence-corrected chi connectivity index (χ4v) is 6.73. The molecule has 0 amide bonds. The molecule has 7 rings (SSSR count). The number of aryl methyl sites for hydroxylation is 3. The molecule has 5 heteroatoms. The van der Waals surface area contributed by atoms with Crippen molar-refractivity contribution < 1.29 is 14.1 Å². The Kier molecular flexibility index (Phi) is 6.53. The van der Waals surface area contributed by atoms with Crippen molar-refractivity contribution in [2.45, 2.75) is 65.0 Å². The summed E-state index contributed by atoms with van der Waals surface area (Å²) in [6.45, 7) is 6.38. The molecule has 0 atom stereocenters. The molecule has 3 aromatic carbocycles. The van der Waals surface area contributed by atoms with Gasteiger partial charge in [-0.25, -0.2) is 14.3 Å². The van der Waals surface area contributed by atoms with Gasteiger partial charge in [0.15, 0.2) is 6.54 Å². The molecule has 0 spiro atoms. The second-order valence-electron chi connectivity index (χ2n) is 12.4. The number of hydrogen-bond donors (Lipinski definition) is 0. The molecule has 0 radical (unpaired) electrons. The number of rotatable bonds is 4. The molecule has 2 aliphatic carbocycles. The fourth-order valence-electron chi connectivity index (χ4n) is 6.73. The Morgan fingerprint density at radius 2 is 1.38 bits per heavy atom. The maximum Gasteiger partial charge on any atom is 0.419 e. The topological polar surface area (TPSA) is 48.0 Å². The number of nitrogens with zero attached hydrogens (tertiary/aromatic N) is 3. The highest BCUT2D eigenvalue weighted by atomic mass is 16.6. The lowest BCUT2D eigenvalue weighted by molar-refractivity contribution is -0.675. The smallest absolute Gasteiger partial charge is 0.419 e. The normalized spacial score (nSPS) is 13.5. The quantitative estimate of drug-likeness (QED) is 0.218. The van der Waals surface area contributed by atoms with Gasteiger partial charge in [-0.05, 0) is 75.3 Å². The molecule has 0 N–H and O–H groups in total. The highest BCUT2D eigenvalue weighted by Crippen LogP contribution is 2.44. The molecule has 2 heterocycles. The van der Waals surface area contributed by atoms with Gasteiger partial charge in [0, 0.05) is 34.0 Å². The molecule has 0 saturated carbocycles. The minimum atomic E-state index is -0.559. The standard InChI is InChI=1S/C37H36N3O2/c1-37(2,3)42-36(41)39-23-28(38-24-39)21-22-40-34-29-15-9-7-11-25(29)17-19-31(34)33(27-13-5-4-6-14-27)32-20-18-26-12-8-10-16-30(26)35(32)40/h4-16,23-24H,17-22H2,1-3H3/q+1. The molecule has 2 aromatic heterocycles. The van der Waals surface area contributed by atoms with E-state index in [0.29, 0.717) is 6.42 Å². The van der Waals surface area contributed by atoms with Crippen molar-refractivity contribution in [1.82, 2.24) is 9.55 Å². The third-order valence-corrected chi connectivity index (χ3v) is 8.44. The van der Waals surface area contributed by atoms with Crippen LogP contribution in [0.1, 0.15) is 48.7 Å². The zero-order chi connectivity index (χ0) is 28.8. The molecular formula is C37H36N3O2+. The fraction of sp³-hybridized carbons (Fsp3) is 0.270. The third-order valence-electron chi connectivity index (χ3n) is 8.44. The van der Waals surface area contributed by atoms with Gasteiger partial charge in [0.2, 0.25) is 11.4 Å². The first kappa shape index (κ1) is 26.4. The summed E-state index contributed by atoms with van der Waals surface area (Å²) in [5.41, 5.74) is 14.0. The number of pyridine rings is 1. The maximum atomic E-state index is 12.7. The molecule has 0 saturated heterocycles. The Morgan fingerprint density at radius 3 is 1.98 bits per heavy atom. The number of ether oxygens (including phenoxy) is 1. The average molecular weight is 555 g/mol. The number of imidazole rings is 1. The van der Waals surface area contributed by atoms with Gasteiger partial charge in [-0.1, -0.05) is 66.7 Å². The molecule has 0 bridgehead atoms. The summed E-state index contributed by atoms with van der Waals surface area (Å²) in [6, 6.07) is 28.7. The summed E-state index contributed by atoms with van der Waals surface area (Å²) >= 11 is 0. The van der Waals surface area contributed by atoms with Crippen LogP contribution in [0, 0.1) is 0 Å². The predicted molar refractivity (Wildman–Crippen MR) is 165 cm³/mol. The van der Waals surface area contributed by atoms with E-state index in [1.165, 1.54) is 60.5 Å². The number of aromatic nitrogens is 3. The SMILES string of the molecule is CC(C)(C)OC(=O)n1cnc(CC[n+]2c3c(c(-c4ccccc4)c4c2-c2ccccc2CC4)CCc2ccccc2-3)c1. The molecular weight excluding hydrogens is 518 g/mol. The Balaban J connectivity index is 1.41. The van der Waals surface area contributed by atoms with Crippen LogP contribution in [0.3, 0.4) is 0 Å². The summed E-state index contributed by atoms with van der Waals surface area (Å²) in [5, 5.41) is 0. The van der Waals surface area contributed by atoms with E-state index in [9.17, 15) is 4.79 Å². The van der Waals surface area contributed by atoms with Crippen molar-refractivity contribution in [2.75, 3.05) is 0 Å². The summed E-state index contributed by atoms with van der Waals surface area (Å²) in [4.78, 5) is 17.3. The first-order valence-corrected chi connectivity index (χ1v) is 15.0. The summed E-state index contributed by atoms with van der Waals surface area (Å²) in [5.74, 6) is 0. The van der Waals surface area contributed by atoms with Crippen molar-refractivity contribution in [2.24, 2.45) is 0 Å². The van der Waals surface area contributed by atoms with E-state index in [1.54, 1.807) is 6.33 Å². The van der Waals surface area contributed by atoms with Gasteiger partial charge < -0.3 is 4.74 Å². The Morgan fingerprint density at radius 1 is 0.810 bits per heavy atom. The lowest BCUT2D eigenvalue weighted by Crippen LogP contribution is -2.44. The summed E-state index contributed by atoms with van der Waals surface area (Å²) in [7, 11) is 0. The number of carbonyl (C=O) groups is 1. The highest BCUT2D eigenvalue weighted by Gasteiger charge is 2.37. The molecule has 0 unspecified atom stereocenters. The Hall–Kier alpha value is -4.51. The molecule has 5 nitrogen and oxygen atoms in total. The van der Waals surface area contributed by atoms with Gasteiger partial charge >= 0.3 is 6.09 Å². The summed E-state index contributed by atoms with van der Waals surface area (Å²) in [6.07, 6.45) is 7.79. The third kappa shape index (κ3) is 4.73. The minimum absolute atomic E-state index is 0.404. The molecule has 210 valence electrons. The number of carbonyl (C=O) groups excluding carboxylic acids is 1. The van der Waals surface area contributed by atoms with Gasteiger partial charge in [-0.3, -0.25) is 0 Å². The van der Waals surface area contributed by atoms with Crippen molar-refractivity contribution >= 4 is 6.09 Å². The van der Waals surface area contributed by atoms with Crippen LogP contribution in [0.25, 0.3) is 33.6 Å². The summed E-state index contributed by atoms with van der Waals surface area (Å²) < 4.78 is 9.59. The number of fused-ring (bicyclic) bond motifs is 6. The van der Waals surface area contributed by atoms with E-state index < -0.39 is 11.7 Å². The van der Waals surface area contributed by atoms with Crippen LogP contribution >= 0.6 is 0 Å². The highest BCUT2D eigenvalue weighted by molar-refractivity contribution is 5.85. The zero-order valence-corrected chi connectivity index (χ0v) is 24.6. The first-order chi connectivity index (χ1) is 20.4. The largest absolute Gasteiger partial charge is 0.443 e. The van der Waals surface area contributed by atoms with E-state index >= 15 is 0 Å². The van der Waals surface area contributed by atoms with Crippen LogP contribution in [0.5, 0.6) is 0 Å². The Labute approximate surface area is 247 Å². The van der Waals surface area contributed by atoms with Crippen LogP contribution in [-0.2, 0) is 43.4 Å². The van der Waals surface area contributed by atoms with Crippen LogP contribution in [0.4, 0.5) is 4.79 Å². The second kappa shape index (κ2) is 10.4. The van der Waals surface area contributed by atoms with Gasteiger partial charge in [-0.2, -0.15) is 4.57 Å². The van der Waals surface area contributed by atoms with Crippen molar-refractivity contribution in [3.63, 3.8) is 0 Å². The molecule has 2 aliphatic rings. The van der Waals surface area contributed by atoms with Gasteiger partial charge in [0.05, 0.1) is 12.1 Å². The number of benzene rings is 3. The minimum Gasteiger partial charge on any atom is -0.443 e. The van der Waals surface area contributed by atoms with E-state index in [4.69, 9.17) is 4.74 Å². The monoisotopic (exact) mass is 554 g/mol. The average Bonchev–Trinajstić information content (AvgIpc) is 3.48. The Bertz CT molecular complexity index is 1730. The zero-order valence-electron chi connectivity index (χ0n) is 24.6. The van der Waals surface area contributed by atoms with E-state index in [1.807, 2.05) is 27.0 Å². The van der Waals surface area contributed by atoms with Crippen molar-refractivity contribution in [1.29, 1.82) is 0 Å². The van der Waals surface area contributed by atoms with Gasteiger partial charge in [-0.15, -0.1) is 0 Å². The molecule has 0 fully saturated rings. The van der Waals surface area contributed by atoms with E-state index in [-0.39, 0.29) is 0 Å². The van der Waals surface area contributed by atoms with Crippen LogP contribution in [0.2, 0.25) is 0 Å². The maximum absolute atomic E-state index is 12.7. The van der Waals surface area contributed by atoms with Gasteiger partial charge in [0.25, 0.3) is 0 Å². The van der Waals surface area contributed by atoms with Crippen LogP contribution in [-0.4, -0.2) is 21.2 Å². The lowest BCUT2D eigenvalue weighted by atomic mass is 9.77. The molecule has 42 heavy (non-hydrogen) atoms. The second-order valence-corrected chi connectivity index (χ2v) is 12.4. The van der Waals surface area contributed by atoms with Crippen LogP contribution < -0.4 is 4.57 Å².